The first-order chi connectivity index (χ1) is 10.2. The van der Waals surface area contributed by atoms with Crippen LogP contribution in [-0.4, -0.2) is 16.8 Å². The quantitative estimate of drug-likeness (QED) is 0.429. The van der Waals surface area contributed by atoms with Crippen molar-refractivity contribution < 1.29 is 14.9 Å². The van der Waals surface area contributed by atoms with Crippen LogP contribution in [0.25, 0.3) is 0 Å². The van der Waals surface area contributed by atoms with Gasteiger partial charge in [-0.25, -0.2) is 0 Å². The fourth-order valence-electron chi connectivity index (χ4n) is 2.47. The molecule has 0 aliphatic carbocycles. The Balaban J connectivity index is 2.60. The molecule has 3 nitrogen and oxygen atoms in total. The third kappa shape index (κ3) is 6.38. The summed E-state index contributed by atoms with van der Waals surface area (Å²) in [5.74, 6) is -0.102. The monoisotopic (exact) mass is 294 g/mol. The van der Waals surface area contributed by atoms with Crippen LogP contribution in [0, 0.1) is 0 Å². The molecule has 0 bridgehead atoms. The molecule has 1 rings (SSSR count). The molecule has 0 saturated carbocycles. The van der Waals surface area contributed by atoms with E-state index in [1.54, 1.807) is 6.07 Å². The van der Waals surface area contributed by atoms with E-state index in [0.29, 0.717) is 12.2 Å². The summed E-state index contributed by atoms with van der Waals surface area (Å²) in [7, 11) is 0. The number of aromatic hydroxyl groups is 2. The molecule has 0 radical (unpaired) electrons. The molecule has 0 aromatic heterocycles. The predicted molar refractivity (Wildman–Crippen MR) is 86.7 cm³/mol. The summed E-state index contributed by atoms with van der Waals surface area (Å²) in [4.78, 5) is 0. The molecule has 0 spiro atoms. The highest BCUT2D eigenvalue weighted by Gasteiger charge is 2.17. The van der Waals surface area contributed by atoms with Gasteiger partial charge in [0.1, 0.15) is 0 Å². The highest BCUT2D eigenvalue weighted by Crippen LogP contribution is 2.36. The zero-order valence-corrected chi connectivity index (χ0v) is 13.5. The Morgan fingerprint density at radius 2 is 1.67 bits per heavy atom. The Hall–Kier alpha value is -1.22. The largest absolute Gasteiger partial charge is 0.504 e. The molecule has 21 heavy (non-hydrogen) atoms. The van der Waals surface area contributed by atoms with E-state index in [1.807, 2.05) is 6.07 Å². The maximum absolute atomic E-state index is 10.0. The topological polar surface area (TPSA) is 49.7 Å². The van der Waals surface area contributed by atoms with Crippen LogP contribution < -0.4 is 0 Å². The Labute approximate surface area is 129 Å². The molecule has 1 aromatic carbocycles. The summed E-state index contributed by atoms with van der Waals surface area (Å²) in [6, 6.07) is 5.11. The van der Waals surface area contributed by atoms with Crippen LogP contribution in [0.4, 0.5) is 0 Å². The normalized spacial score (nSPS) is 12.5. The number of hydrogen-bond acceptors (Lipinski definition) is 3. The van der Waals surface area contributed by atoms with Crippen molar-refractivity contribution in [3.05, 3.63) is 23.8 Å². The zero-order chi connectivity index (χ0) is 15.5. The molecule has 0 saturated heterocycles. The number of ether oxygens (including phenoxy) is 1. The summed E-state index contributed by atoms with van der Waals surface area (Å²) in [6.45, 7) is 5.08. The highest BCUT2D eigenvalue weighted by atomic mass is 16.5. The van der Waals surface area contributed by atoms with Gasteiger partial charge in [-0.2, -0.15) is 0 Å². The van der Waals surface area contributed by atoms with E-state index >= 15 is 0 Å². The Bertz CT molecular complexity index is 390. The molecule has 1 aromatic rings. The Kier molecular flexibility index (Phi) is 8.91. The van der Waals surface area contributed by atoms with E-state index in [1.165, 1.54) is 25.3 Å². The van der Waals surface area contributed by atoms with Gasteiger partial charge in [-0.15, -0.1) is 0 Å². The number of hydrogen-bond donors (Lipinski definition) is 2. The minimum Gasteiger partial charge on any atom is -0.504 e. The molecule has 120 valence electrons. The molecule has 3 heteroatoms. The predicted octanol–water partition coefficient (Wildman–Crippen LogP) is 5.32. The third-order valence-electron chi connectivity index (χ3n) is 3.78. The number of benzene rings is 1. The third-order valence-corrected chi connectivity index (χ3v) is 3.78. The summed E-state index contributed by atoms with van der Waals surface area (Å²) in [5, 5.41) is 19.7. The Morgan fingerprint density at radius 1 is 0.952 bits per heavy atom. The number of phenolic OH excluding ortho intramolecular Hbond substituents is 2. The van der Waals surface area contributed by atoms with E-state index in [-0.39, 0.29) is 17.6 Å². The van der Waals surface area contributed by atoms with Crippen molar-refractivity contribution in [2.24, 2.45) is 0 Å². The van der Waals surface area contributed by atoms with E-state index in [0.717, 1.165) is 32.1 Å². The van der Waals surface area contributed by atoms with Gasteiger partial charge < -0.3 is 14.9 Å². The minimum absolute atomic E-state index is 0.0347. The summed E-state index contributed by atoms with van der Waals surface area (Å²) >= 11 is 0. The van der Waals surface area contributed by atoms with Crippen molar-refractivity contribution in [1.29, 1.82) is 0 Å². The lowest BCUT2D eigenvalue weighted by Gasteiger charge is -2.20. The van der Waals surface area contributed by atoms with Gasteiger partial charge in [-0.05, 0) is 18.9 Å². The van der Waals surface area contributed by atoms with E-state index in [9.17, 15) is 10.2 Å². The smallest absolute Gasteiger partial charge is 0.163 e. The average Bonchev–Trinajstić information content (AvgIpc) is 2.48. The van der Waals surface area contributed by atoms with Crippen LogP contribution in [0.2, 0.25) is 0 Å². The van der Waals surface area contributed by atoms with Gasteiger partial charge in [0.05, 0.1) is 6.10 Å². The second-order valence-electron chi connectivity index (χ2n) is 5.63. The lowest BCUT2D eigenvalue weighted by Crippen LogP contribution is -2.06. The van der Waals surface area contributed by atoms with Crippen LogP contribution in [0.1, 0.15) is 76.9 Å². The summed E-state index contributed by atoms with van der Waals surface area (Å²) in [6.07, 6.45) is 8.86. The van der Waals surface area contributed by atoms with Crippen LogP contribution in [0.3, 0.4) is 0 Å². The van der Waals surface area contributed by atoms with Gasteiger partial charge in [0.15, 0.2) is 11.5 Å². The molecule has 0 fully saturated rings. The van der Waals surface area contributed by atoms with Gasteiger partial charge in [0.25, 0.3) is 0 Å². The molecule has 1 unspecified atom stereocenters. The van der Waals surface area contributed by atoms with Crippen molar-refractivity contribution in [1.82, 2.24) is 0 Å². The number of phenols is 2. The highest BCUT2D eigenvalue weighted by molar-refractivity contribution is 5.45. The molecule has 2 N–H and O–H groups in total. The molecule has 0 amide bonds. The molecular formula is C18H30O3. The van der Waals surface area contributed by atoms with Gasteiger partial charge in [-0.3, -0.25) is 0 Å². The second kappa shape index (κ2) is 10.5. The lowest BCUT2D eigenvalue weighted by atomic mass is 10.0. The summed E-state index contributed by atoms with van der Waals surface area (Å²) < 4.78 is 5.99. The Morgan fingerprint density at radius 3 is 2.38 bits per heavy atom. The first-order valence-corrected chi connectivity index (χ1v) is 8.33. The molecule has 0 heterocycles. The fraction of sp³-hybridized carbons (Fsp3) is 0.667. The van der Waals surface area contributed by atoms with Gasteiger partial charge in [0.2, 0.25) is 0 Å². The first-order valence-electron chi connectivity index (χ1n) is 8.33. The van der Waals surface area contributed by atoms with Crippen molar-refractivity contribution in [2.45, 2.75) is 71.3 Å². The lowest BCUT2D eigenvalue weighted by molar-refractivity contribution is 0.0405. The molecular weight excluding hydrogens is 264 g/mol. The maximum Gasteiger partial charge on any atom is 0.163 e. The van der Waals surface area contributed by atoms with Gasteiger partial charge >= 0.3 is 0 Å². The van der Waals surface area contributed by atoms with Crippen LogP contribution in [0.5, 0.6) is 11.5 Å². The molecule has 0 aliphatic rings. The van der Waals surface area contributed by atoms with E-state index in [4.69, 9.17) is 4.74 Å². The van der Waals surface area contributed by atoms with Crippen LogP contribution in [0.15, 0.2) is 18.2 Å². The van der Waals surface area contributed by atoms with Crippen LogP contribution >= 0.6 is 0 Å². The van der Waals surface area contributed by atoms with E-state index < -0.39 is 0 Å². The SMILES string of the molecule is CCCCCCOC(CCCCC)c1cccc(O)c1O. The van der Waals surface area contributed by atoms with Gasteiger partial charge in [0, 0.05) is 12.2 Å². The first kappa shape index (κ1) is 17.8. The van der Waals surface area contributed by atoms with Crippen molar-refractivity contribution in [2.75, 3.05) is 6.61 Å². The average molecular weight is 294 g/mol. The zero-order valence-electron chi connectivity index (χ0n) is 13.5. The summed E-state index contributed by atoms with van der Waals surface area (Å²) in [5.41, 5.74) is 0.710. The van der Waals surface area contributed by atoms with Crippen LogP contribution in [-0.2, 0) is 4.74 Å². The molecule has 0 aliphatic heterocycles. The number of rotatable bonds is 11. The number of unbranched alkanes of at least 4 members (excludes halogenated alkanes) is 5. The maximum atomic E-state index is 10.0. The van der Waals surface area contributed by atoms with Crippen molar-refractivity contribution in [3.63, 3.8) is 0 Å². The fourth-order valence-corrected chi connectivity index (χ4v) is 2.47. The van der Waals surface area contributed by atoms with Crippen molar-refractivity contribution >= 4 is 0 Å². The molecule has 1 atom stereocenters. The minimum atomic E-state index is -0.120. The standard InChI is InChI=1S/C18H30O3/c1-3-5-7-9-14-21-17(13-8-6-4-2)15-11-10-12-16(19)18(15)20/h10-12,17,19-20H,3-9,13-14H2,1-2H3. The number of para-hydroxylation sites is 1. The van der Waals surface area contributed by atoms with Crippen molar-refractivity contribution in [3.8, 4) is 11.5 Å². The van der Waals surface area contributed by atoms with Gasteiger partial charge in [-0.1, -0.05) is 64.5 Å². The van der Waals surface area contributed by atoms with E-state index in [2.05, 4.69) is 13.8 Å². The second-order valence-corrected chi connectivity index (χ2v) is 5.63.